The van der Waals surface area contributed by atoms with Crippen LogP contribution in [0.1, 0.15) is 52.4 Å². The van der Waals surface area contributed by atoms with Crippen LogP contribution in [0.3, 0.4) is 0 Å². The maximum absolute atomic E-state index is 13.2. The molecule has 2 heterocycles. The third-order valence-corrected chi connectivity index (χ3v) is 6.91. The first-order chi connectivity index (χ1) is 12.9. The predicted octanol–water partition coefficient (Wildman–Crippen LogP) is 0.813. The van der Waals surface area contributed by atoms with E-state index in [4.69, 9.17) is 0 Å². The van der Waals surface area contributed by atoms with Gasteiger partial charge in [0.15, 0.2) is 6.33 Å². The summed E-state index contributed by atoms with van der Waals surface area (Å²) < 4.78 is 0. The Balaban J connectivity index is 1.44. The van der Waals surface area contributed by atoms with E-state index in [0.717, 1.165) is 32.1 Å². The monoisotopic (exact) mass is 371 g/mol. The van der Waals surface area contributed by atoms with E-state index < -0.39 is 0 Å². The molecule has 9 nitrogen and oxygen atoms in total. The van der Waals surface area contributed by atoms with E-state index >= 15 is 0 Å². The number of aromatic nitrogens is 4. The lowest BCUT2D eigenvalue weighted by molar-refractivity contribution is -0.128. The quantitative estimate of drug-likeness (QED) is 0.728. The minimum Gasteiger partial charge on any atom is -0.347 e. The zero-order valence-electron chi connectivity index (χ0n) is 15.7. The lowest BCUT2D eigenvalue weighted by atomic mass is 9.50. The third kappa shape index (κ3) is 2.55. The summed E-state index contributed by atoms with van der Waals surface area (Å²) in [7, 11) is 0. The molecule has 0 spiro atoms. The van der Waals surface area contributed by atoms with Crippen molar-refractivity contribution >= 4 is 11.9 Å². The number of hydrogen-bond donors (Lipinski definition) is 3. The molecular formula is C18H25N7O2. The minimum absolute atomic E-state index is 0.0869. The number of carbonyl (C=O) groups is 2. The number of nitrogens with one attached hydrogen (secondary N) is 3. The first kappa shape index (κ1) is 16.7. The lowest BCUT2D eigenvalue weighted by Gasteiger charge is -2.61. The summed E-state index contributed by atoms with van der Waals surface area (Å²) in [5, 5.41) is 21.4. The fourth-order valence-corrected chi connectivity index (χ4v) is 6.52. The molecule has 27 heavy (non-hydrogen) atoms. The van der Waals surface area contributed by atoms with Gasteiger partial charge in [0.05, 0.1) is 17.2 Å². The van der Waals surface area contributed by atoms with E-state index in [2.05, 4.69) is 31.4 Å². The van der Waals surface area contributed by atoms with Crippen LogP contribution in [0.4, 0.5) is 4.79 Å². The minimum atomic E-state index is -0.307. The SMILES string of the molecule is CC1=C(C(=O)NC23C[C@@H]4C[C@@H](C2)CC(n2ncnn2)(C4)C3)[C@H](C)NC(=O)N1. The normalized spacial score (nSPS) is 39.9. The van der Waals surface area contributed by atoms with Crippen LogP contribution in [0.25, 0.3) is 0 Å². The molecule has 4 aliphatic carbocycles. The molecule has 144 valence electrons. The number of tetrazole rings is 1. The van der Waals surface area contributed by atoms with Crippen LogP contribution >= 0.6 is 0 Å². The van der Waals surface area contributed by atoms with Crippen LogP contribution in [-0.2, 0) is 10.3 Å². The standard InChI is InChI=1S/C18H25N7O2/c1-10-14(11(2)22-16(27)21-10)15(26)23-17-4-12-3-13(5-17)7-18(6-12,8-17)25-20-9-19-24-25/h9-10,12-13H,3-8H2,1-2H3,(H,23,26)(H2,21,22,27)/t10-,12-,13-,17?,18?/m0/s1. The van der Waals surface area contributed by atoms with Crippen molar-refractivity contribution in [1.82, 2.24) is 36.2 Å². The Hall–Kier alpha value is -2.45. The number of rotatable bonds is 3. The molecule has 0 unspecified atom stereocenters. The van der Waals surface area contributed by atoms with Gasteiger partial charge < -0.3 is 16.0 Å². The highest BCUT2D eigenvalue weighted by Gasteiger charge is 2.60. The van der Waals surface area contributed by atoms with Crippen molar-refractivity contribution in [2.75, 3.05) is 0 Å². The van der Waals surface area contributed by atoms with Crippen molar-refractivity contribution in [3.63, 3.8) is 0 Å². The van der Waals surface area contributed by atoms with E-state index in [-0.39, 0.29) is 29.1 Å². The average Bonchev–Trinajstić information content (AvgIpc) is 3.07. The molecule has 9 heteroatoms. The van der Waals surface area contributed by atoms with Gasteiger partial charge in [-0.25, -0.2) is 4.79 Å². The van der Waals surface area contributed by atoms with Gasteiger partial charge in [-0.15, -0.1) is 10.2 Å². The molecule has 1 aliphatic heterocycles. The molecule has 3 amide bonds. The van der Waals surface area contributed by atoms with Crippen molar-refractivity contribution in [2.45, 2.75) is 69.5 Å². The summed E-state index contributed by atoms with van der Waals surface area (Å²) in [4.78, 5) is 26.6. The molecule has 6 rings (SSSR count). The van der Waals surface area contributed by atoms with Crippen LogP contribution < -0.4 is 16.0 Å². The Kier molecular flexibility index (Phi) is 3.42. The van der Waals surface area contributed by atoms with E-state index in [9.17, 15) is 9.59 Å². The summed E-state index contributed by atoms with van der Waals surface area (Å²) >= 11 is 0. The number of urea groups is 1. The molecule has 4 fully saturated rings. The van der Waals surface area contributed by atoms with Crippen molar-refractivity contribution in [2.24, 2.45) is 11.8 Å². The average molecular weight is 371 g/mol. The Bertz CT molecular complexity index is 817. The molecule has 0 saturated heterocycles. The molecule has 5 aliphatic rings. The molecule has 3 atom stereocenters. The third-order valence-electron chi connectivity index (χ3n) is 6.91. The molecule has 3 N–H and O–H groups in total. The second kappa shape index (κ2) is 5.53. The van der Waals surface area contributed by atoms with Gasteiger partial charge in [0.2, 0.25) is 0 Å². The van der Waals surface area contributed by atoms with Gasteiger partial charge in [-0.2, -0.15) is 4.80 Å². The van der Waals surface area contributed by atoms with E-state index in [1.807, 2.05) is 6.92 Å². The van der Waals surface area contributed by atoms with E-state index in [0.29, 0.717) is 23.1 Å². The fourth-order valence-electron chi connectivity index (χ4n) is 6.52. The van der Waals surface area contributed by atoms with Gasteiger partial charge in [0.25, 0.3) is 5.91 Å². The number of nitrogens with zero attached hydrogens (tertiary/aromatic N) is 4. The maximum atomic E-state index is 13.2. The summed E-state index contributed by atoms with van der Waals surface area (Å²) in [5.41, 5.74) is 0.866. The Morgan fingerprint density at radius 2 is 2.04 bits per heavy atom. The van der Waals surface area contributed by atoms with Crippen molar-refractivity contribution < 1.29 is 9.59 Å². The highest BCUT2D eigenvalue weighted by molar-refractivity contribution is 5.98. The van der Waals surface area contributed by atoms with Gasteiger partial charge in [0.1, 0.15) is 0 Å². The van der Waals surface area contributed by atoms with E-state index in [1.165, 1.54) is 12.7 Å². The first-order valence-electron chi connectivity index (χ1n) is 9.72. The highest BCUT2D eigenvalue weighted by atomic mass is 16.2. The predicted molar refractivity (Wildman–Crippen MR) is 95.2 cm³/mol. The molecular weight excluding hydrogens is 346 g/mol. The fraction of sp³-hybridized carbons (Fsp3) is 0.722. The topological polar surface area (TPSA) is 114 Å². The van der Waals surface area contributed by atoms with Crippen LogP contribution in [0.2, 0.25) is 0 Å². The number of amides is 3. The summed E-state index contributed by atoms with van der Waals surface area (Å²) in [5.74, 6) is 1.07. The van der Waals surface area contributed by atoms with Gasteiger partial charge in [-0.3, -0.25) is 4.79 Å². The largest absolute Gasteiger partial charge is 0.347 e. The van der Waals surface area contributed by atoms with Crippen LogP contribution in [0, 0.1) is 11.8 Å². The van der Waals surface area contributed by atoms with Gasteiger partial charge >= 0.3 is 6.03 Å². The van der Waals surface area contributed by atoms with Crippen LogP contribution in [0.15, 0.2) is 17.6 Å². The van der Waals surface area contributed by atoms with Crippen LogP contribution in [-0.4, -0.2) is 43.7 Å². The Labute approximate surface area is 157 Å². The second-order valence-electron chi connectivity index (χ2n) is 9.00. The Morgan fingerprint density at radius 1 is 1.30 bits per heavy atom. The Morgan fingerprint density at radius 3 is 2.67 bits per heavy atom. The van der Waals surface area contributed by atoms with Crippen molar-refractivity contribution in [3.8, 4) is 0 Å². The second-order valence-corrected chi connectivity index (χ2v) is 9.00. The molecule has 4 bridgehead atoms. The first-order valence-corrected chi connectivity index (χ1v) is 9.72. The molecule has 4 saturated carbocycles. The molecule has 0 radical (unpaired) electrons. The highest BCUT2D eigenvalue weighted by Crippen LogP contribution is 2.60. The molecule has 1 aromatic rings. The molecule has 0 aromatic carbocycles. The van der Waals surface area contributed by atoms with E-state index in [1.54, 1.807) is 11.7 Å². The number of allylic oxidation sites excluding steroid dienone is 1. The van der Waals surface area contributed by atoms with Crippen molar-refractivity contribution in [3.05, 3.63) is 17.6 Å². The maximum Gasteiger partial charge on any atom is 0.319 e. The summed E-state index contributed by atoms with van der Waals surface area (Å²) in [6.07, 6.45) is 7.70. The zero-order valence-corrected chi connectivity index (χ0v) is 15.7. The van der Waals surface area contributed by atoms with Crippen molar-refractivity contribution in [1.29, 1.82) is 0 Å². The summed E-state index contributed by atoms with van der Waals surface area (Å²) in [6.45, 7) is 3.63. The van der Waals surface area contributed by atoms with Gasteiger partial charge in [-0.05, 0) is 69.4 Å². The smallest absolute Gasteiger partial charge is 0.319 e. The van der Waals surface area contributed by atoms with Crippen LogP contribution in [0.5, 0.6) is 0 Å². The zero-order chi connectivity index (χ0) is 18.8. The summed E-state index contributed by atoms with van der Waals surface area (Å²) in [6, 6.07) is -0.568. The number of hydrogen-bond acceptors (Lipinski definition) is 5. The number of carbonyl (C=O) groups excluding carboxylic acids is 2. The van der Waals surface area contributed by atoms with Gasteiger partial charge in [-0.1, -0.05) is 0 Å². The lowest BCUT2D eigenvalue weighted by Crippen LogP contribution is -2.66. The van der Waals surface area contributed by atoms with Gasteiger partial charge in [0, 0.05) is 11.2 Å². The molecule has 1 aromatic heterocycles.